The van der Waals surface area contributed by atoms with Crippen LogP contribution in [0.1, 0.15) is 28.9 Å². The second kappa shape index (κ2) is 6.29. The number of carboxylic acid groups (broad SMARTS) is 1. The molecule has 2 aromatic heterocycles. The normalized spacial score (nSPS) is 16.8. The lowest BCUT2D eigenvalue weighted by molar-refractivity contribution is -0.151. The van der Waals surface area contributed by atoms with Crippen molar-refractivity contribution in [3.63, 3.8) is 0 Å². The molecule has 0 spiro atoms. The standard InChI is InChI=1S/C17H16N4O3S/c22-14(6-5-13-20-10-3-1-2-4-12(10)25-13)21-8-7-11-15(19-9-18-11)16(21)17(23)24/h1-4,9,16H,5-8H2,(H,18,19)(H,23,24)/t16-/m1/s1. The maximum Gasteiger partial charge on any atom is 0.332 e. The summed E-state index contributed by atoms with van der Waals surface area (Å²) in [6.07, 6.45) is 2.82. The molecule has 0 aliphatic carbocycles. The van der Waals surface area contributed by atoms with E-state index in [2.05, 4.69) is 15.0 Å². The van der Waals surface area contributed by atoms with Crippen LogP contribution in [0.4, 0.5) is 0 Å². The summed E-state index contributed by atoms with van der Waals surface area (Å²) in [4.78, 5) is 37.3. The molecule has 0 radical (unpaired) electrons. The quantitative estimate of drug-likeness (QED) is 0.746. The molecular weight excluding hydrogens is 340 g/mol. The number of aliphatic carboxylic acids is 1. The van der Waals surface area contributed by atoms with Gasteiger partial charge >= 0.3 is 5.97 Å². The molecule has 0 bridgehead atoms. The van der Waals surface area contributed by atoms with Crippen LogP contribution < -0.4 is 0 Å². The Morgan fingerprint density at radius 2 is 2.20 bits per heavy atom. The molecule has 0 fully saturated rings. The molecular formula is C17H16N4O3S. The van der Waals surface area contributed by atoms with Crippen molar-refractivity contribution in [1.82, 2.24) is 19.9 Å². The van der Waals surface area contributed by atoms with Gasteiger partial charge in [0, 0.05) is 31.5 Å². The summed E-state index contributed by atoms with van der Waals surface area (Å²) in [5.74, 6) is -1.23. The molecule has 128 valence electrons. The number of imidazole rings is 1. The number of aromatic nitrogens is 3. The molecule has 0 unspecified atom stereocenters. The molecule has 25 heavy (non-hydrogen) atoms. The number of carbonyl (C=O) groups is 2. The number of hydrogen-bond acceptors (Lipinski definition) is 5. The Kier molecular flexibility index (Phi) is 3.96. The van der Waals surface area contributed by atoms with Gasteiger partial charge in [0.2, 0.25) is 5.91 Å². The maximum absolute atomic E-state index is 12.6. The van der Waals surface area contributed by atoms with Gasteiger partial charge in [-0.1, -0.05) is 12.1 Å². The van der Waals surface area contributed by atoms with Crippen LogP contribution in [0.15, 0.2) is 30.6 Å². The van der Waals surface area contributed by atoms with E-state index in [1.165, 1.54) is 11.2 Å². The fourth-order valence-electron chi connectivity index (χ4n) is 3.18. The first-order chi connectivity index (χ1) is 12.1. The Morgan fingerprint density at radius 3 is 3.00 bits per heavy atom. The number of hydrogen-bond donors (Lipinski definition) is 2. The van der Waals surface area contributed by atoms with E-state index in [9.17, 15) is 14.7 Å². The predicted molar refractivity (Wildman–Crippen MR) is 92.3 cm³/mol. The fraction of sp³-hybridized carbons (Fsp3) is 0.294. The lowest BCUT2D eigenvalue weighted by Gasteiger charge is -2.32. The highest BCUT2D eigenvalue weighted by Gasteiger charge is 2.37. The van der Waals surface area contributed by atoms with Crippen LogP contribution in [0.3, 0.4) is 0 Å². The van der Waals surface area contributed by atoms with Crippen molar-refractivity contribution >= 4 is 33.4 Å². The van der Waals surface area contributed by atoms with Crippen molar-refractivity contribution in [2.75, 3.05) is 6.54 Å². The Bertz CT molecular complexity index is 915. The first kappa shape index (κ1) is 15.8. The minimum atomic E-state index is -1.05. The number of nitrogens with zero attached hydrogens (tertiary/aromatic N) is 3. The largest absolute Gasteiger partial charge is 0.479 e. The number of benzene rings is 1. The zero-order chi connectivity index (χ0) is 17.4. The fourth-order valence-corrected chi connectivity index (χ4v) is 4.15. The first-order valence-electron chi connectivity index (χ1n) is 8.02. The molecule has 1 aromatic carbocycles. The molecule has 1 atom stereocenters. The van der Waals surface area contributed by atoms with Crippen LogP contribution in [0.25, 0.3) is 10.2 Å². The highest BCUT2D eigenvalue weighted by molar-refractivity contribution is 7.18. The summed E-state index contributed by atoms with van der Waals surface area (Å²) in [6.45, 7) is 0.380. The summed E-state index contributed by atoms with van der Waals surface area (Å²) in [5.41, 5.74) is 2.16. The van der Waals surface area contributed by atoms with Gasteiger partial charge in [0.1, 0.15) is 0 Å². The Balaban J connectivity index is 1.49. The molecule has 1 aliphatic rings. The van der Waals surface area contributed by atoms with E-state index in [1.54, 1.807) is 11.3 Å². The minimum Gasteiger partial charge on any atom is -0.479 e. The smallest absolute Gasteiger partial charge is 0.332 e. The zero-order valence-electron chi connectivity index (χ0n) is 13.3. The number of aryl methyl sites for hydroxylation is 1. The molecule has 3 heterocycles. The molecule has 7 nitrogen and oxygen atoms in total. The zero-order valence-corrected chi connectivity index (χ0v) is 14.1. The summed E-state index contributed by atoms with van der Waals surface area (Å²) in [7, 11) is 0. The van der Waals surface area contributed by atoms with E-state index in [0.717, 1.165) is 20.9 Å². The molecule has 1 aliphatic heterocycles. The summed E-state index contributed by atoms with van der Waals surface area (Å²) in [5, 5.41) is 10.4. The summed E-state index contributed by atoms with van der Waals surface area (Å²) in [6, 6.07) is 6.83. The van der Waals surface area contributed by atoms with E-state index < -0.39 is 12.0 Å². The van der Waals surface area contributed by atoms with E-state index in [4.69, 9.17) is 0 Å². The second-order valence-electron chi connectivity index (χ2n) is 5.92. The van der Waals surface area contributed by atoms with Gasteiger partial charge in [0.15, 0.2) is 6.04 Å². The maximum atomic E-state index is 12.6. The number of carbonyl (C=O) groups excluding carboxylic acids is 1. The lowest BCUT2D eigenvalue weighted by atomic mass is 10.0. The number of carboxylic acids is 1. The SMILES string of the molecule is O=C(O)[C@H]1c2nc[nH]c2CCN1C(=O)CCc1nc2ccccc2s1. The van der Waals surface area contributed by atoms with Gasteiger partial charge < -0.3 is 15.0 Å². The highest BCUT2D eigenvalue weighted by Crippen LogP contribution is 2.29. The Morgan fingerprint density at radius 1 is 1.36 bits per heavy atom. The first-order valence-corrected chi connectivity index (χ1v) is 8.84. The third kappa shape index (κ3) is 2.89. The van der Waals surface area contributed by atoms with Crippen molar-refractivity contribution in [3.05, 3.63) is 47.0 Å². The molecule has 3 aromatic rings. The Hall–Kier alpha value is -2.74. The highest BCUT2D eigenvalue weighted by atomic mass is 32.1. The van der Waals surface area contributed by atoms with Crippen molar-refractivity contribution in [1.29, 1.82) is 0 Å². The van der Waals surface area contributed by atoms with Crippen LogP contribution in [-0.4, -0.2) is 43.4 Å². The monoisotopic (exact) mass is 356 g/mol. The lowest BCUT2D eigenvalue weighted by Crippen LogP contribution is -2.43. The van der Waals surface area contributed by atoms with Gasteiger partial charge in [-0.15, -0.1) is 11.3 Å². The van der Waals surface area contributed by atoms with Crippen molar-refractivity contribution in [3.8, 4) is 0 Å². The average molecular weight is 356 g/mol. The predicted octanol–water partition coefficient (Wildman–Crippen LogP) is 2.16. The summed E-state index contributed by atoms with van der Waals surface area (Å²) < 4.78 is 1.09. The van der Waals surface area contributed by atoms with Crippen molar-refractivity contribution in [2.24, 2.45) is 0 Å². The van der Waals surface area contributed by atoms with Gasteiger partial charge in [-0.3, -0.25) is 4.79 Å². The van der Waals surface area contributed by atoms with Gasteiger partial charge in [0.25, 0.3) is 0 Å². The van der Waals surface area contributed by atoms with E-state index >= 15 is 0 Å². The average Bonchev–Trinajstić information content (AvgIpc) is 3.24. The summed E-state index contributed by atoms with van der Waals surface area (Å²) >= 11 is 1.57. The number of nitrogens with one attached hydrogen (secondary N) is 1. The Labute approximate surface area is 147 Å². The van der Waals surface area contributed by atoms with Crippen LogP contribution in [0.5, 0.6) is 0 Å². The number of thiazole rings is 1. The molecule has 2 N–H and O–H groups in total. The van der Waals surface area contributed by atoms with Crippen LogP contribution in [-0.2, 0) is 22.4 Å². The van der Waals surface area contributed by atoms with Gasteiger partial charge in [-0.2, -0.15) is 0 Å². The number of amides is 1. The van der Waals surface area contributed by atoms with E-state index in [-0.39, 0.29) is 12.3 Å². The topological polar surface area (TPSA) is 99.2 Å². The number of fused-ring (bicyclic) bond motifs is 2. The minimum absolute atomic E-state index is 0.180. The van der Waals surface area contributed by atoms with Crippen molar-refractivity contribution in [2.45, 2.75) is 25.3 Å². The van der Waals surface area contributed by atoms with Gasteiger partial charge in [-0.05, 0) is 12.1 Å². The van der Waals surface area contributed by atoms with Crippen LogP contribution >= 0.6 is 11.3 Å². The number of H-pyrrole nitrogens is 1. The molecule has 0 saturated carbocycles. The third-order valence-corrected chi connectivity index (χ3v) is 5.47. The second-order valence-corrected chi connectivity index (χ2v) is 7.03. The molecule has 0 saturated heterocycles. The van der Waals surface area contributed by atoms with Crippen molar-refractivity contribution < 1.29 is 14.7 Å². The van der Waals surface area contributed by atoms with Crippen LogP contribution in [0.2, 0.25) is 0 Å². The van der Waals surface area contributed by atoms with E-state index in [0.29, 0.717) is 25.1 Å². The number of rotatable bonds is 4. The molecule has 8 heteroatoms. The van der Waals surface area contributed by atoms with Crippen LogP contribution in [0, 0.1) is 0 Å². The van der Waals surface area contributed by atoms with Gasteiger partial charge in [-0.25, -0.2) is 14.8 Å². The van der Waals surface area contributed by atoms with E-state index in [1.807, 2.05) is 24.3 Å². The molecule has 1 amide bonds. The number of aromatic amines is 1. The third-order valence-electron chi connectivity index (χ3n) is 4.37. The number of para-hydroxylation sites is 1. The van der Waals surface area contributed by atoms with Gasteiger partial charge in [0.05, 0.1) is 27.2 Å². The molecule has 4 rings (SSSR count).